The number of aliphatic hydroxyl groups is 1. The van der Waals surface area contributed by atoms with Gasteiger partial charge in [-0.2, -0.15) is 0 Å². The third kappa shape index (κ3) is 4.12. The lowest BCUT2D eigenvalue weighted by Gasteiger charge is -2.38. The van der Waals surface area contributed by atoms with Crippen LogP contribution in [0.3, 0.4) is 0 Å². The van der Waals surface area contributed by atoms with E-state index in [1.54, 1.807) is 11.0 Å². The molecule has 1 unspecified atom stereocenters. The zero-order valence-corrected chi connectivity index (χ0v) is 13.9. The van der Waals surface area contributed by atoms with Crippen LogP contribution in [0.4, 0.5) is 10.5 Å². The van der Waals surface area contributed by atoms with Gasteiger partial charge in [0.25, 0.3) is 0 Å². The number of hydrogen-bond donors (Lipinski definition) is 2. The first-order valence-corrected chi connectivity index (χ1v) is 8.10. The third-order valence-corrected chi connectivity index (χ3v) is 4.63. The number of nitrogens with one attached hydrogen (secondary N) is 1. The molecule has 22 heavy (non-hydrogen) atoms. The zero-order chi connectivity index (χ0) is 16.1. The Balaban J connectivity index is 1.88. The zero-order valence-electron chi connectivity index (χ0n) is 13.2. The summed E-state index contributed by atoms with van der Waals surface area (Å²) in [5.41, 5.74) is 1.70. The van der Waals surface area contributed by atoms with E-state index < -0.39 is 0 Å². The molecule has 1 atom stereocenters. The maximum absolute atomic E-state index is 12.3. The summed E-state index contributed by atoms with van der Waals surface area (Å²) < 4.78 is 0. The van der Waals surface area contributed by atoms with Crippen LogP contribution in [-0.2, 0) is 0 Å². The summed E-state index contributed by atoms with van der Waals surface area (Å²) in [4.78, 5) is 16.3. The van der Waals surface area contributed by atoms with E-state index in [4.69, 9.17) is 11.6 Å². The second-order valence-electron chi connectivity index (χ2n) is 5.66. The van der Waals surface area contributed by atoms with Crippen LogP contribution in [0.15, 0.2) is 18.2 Å². The van der Waals surface area contributed by atoms with Gasteiger partial charge in [-0.3, -0.25) is 4.90 Å². The molecular formula is C16H24ClN3O2. The van der Waals surface area contributed by atoms with Gasteiger partial charge in [-0.15, -0.1) is 0 Å². The molecule has 0 spiro atoms. The molecule has 0 bridgehead atoms. The van der Waals surface area contributed by atoms with Crippen molar-refractivity contribution in [1.82, 2.24) is 9.80 Å². The van der Waals surface area contributed by atoms with Gasteiger partial charge in [0.1, 0.15) is 0 Å². The Morgan fingerprint density at radius 3 is 2.59 bits per heavy atom. The van der Waals surface area contributed by atoms with Crippen LogP contribution in [0.2, 0.25) is 5.02 Å². The van der Waals surface area contributed by atoms with Gasteiger partial charge < -0.3 is 15.3 Å². The minimum atomic E-state index is -0.100. The molecule has 0 aromatic heterocycles. The van der Waals surface area contributed by atoms with Crippen molar-refractivity contribution in [2.24, 2.45) is 0 Å². The van der Waals surface area contributed by atoms with E-state index in [9.17, 15) is 9.90 Å². The molecule has 2 N–H and O–H groups in total. The number of carbonyl (C=O) groups excluding carboxylic acids is 1. The van der Waals surface area contributed by atoms with Gasteiger partial charge in [0, 0.05) is 42.9 Å². The standard InChI is InChI=1S/C16H24ClN3O2/c1-3-14(11-21)19-6-8-20(9-7-19)16(22)18-13-5-4-12(2)15(17)10-13/h4-5,10,14,21H,3,6-9,11H2,1-2H3,(H,18,22). The molecule has 2 rings (SSSR count). The predicted octanol–water partition coefficient (Wildman–Crippen LogP) is 2.57. The van der Waals surface area contributed by atoms with Crippen LogP contribution in [0, 0.1) is 6.92 Å². The molecule has 1 aliphatic rings. The molecular weight excluding hydrogens is 302 g/mol. The Morgan fingerprint density at radius 2 is 2.05 bits per heavy atom. The summed E-state index contributed by atoms with van der Waals surface area (Å²) in [6.45, 7) is 7.09. The van der Waals surface area contributed by atoms with Crippen molar-refractivity contribution in [2.45, 2.75) is 26.3 Å². The Labute approximate surface area is 136 Å². The number of amides is 2. The Hall–Kier alpha value is -1.30. The molecule has 1 aromatic rings. The largest absolute Gasteiger partial charge is 0.395 e. The topological polar surface area (TPSA) is 55.8 Å². The quantitative estimate of drug-likeness (QED) is 0.894. The summed E-state index contributed by atoms with van der Waals surface area (Å²) >= 11 is 6.07. The van der Waals surface area contributed by atoms with Gasteiger partial charge in [0.05, 0.1) is 6.61 Å². The van der Waals surface area contributed by atoms with Crippen LogP contribution >= 0.6 is 11.6 Å². The number of aryl methyl sites for hydroxylation is 1. The number of halogens is 1. The molecule has 122 valence electrons. The first-order chi connectivity index (χ1) is 10.5. The van der Waals surface area contributed by atoms with Crippen molar-refractivity contribution >= 4 is 23.3 Å². The maximum atomic E-state index is 12.3. The number of benzene rings is 1. The number of nitrogens with zero attached hydrogens (tertiary/aromatic N) is 2. The van der Waals surface area contributed by atoms with Crippen molar-refractivity contribution in [2.75, 3.05) is 38.1 Å². The van der Waals surface area contributed by atoms with Crippen molar-refractivity contribution in [3.05, 3.63) is 28.8 Å². The number of urea groups is 1. The van der Waals surface area contributed by atoms with Crippen molar-refractivity contribution < 1.29 is 9.90 Å². The molecule has 0 saturated carbocycles. The number of aliphatic hydroxyl groups excluding tert-OH is 1. The molecule has 0 aliphatic carbocycles. The molecule has 1 aromatic carbocycles. The summed E-state index contributed by atoms with van der Waals surface area (Å²) in [5.74, 6) is 0. The number of piperazine rings is 1. The van der Waals surface area contributed by atoms with Crippen molar-refractivity contribution in [3.8, 4) is 0 Å². The van der Waals surface area contributed by atoms with Crippen LogP contribution in [0.25, 0.3) is 0 Å². The summed E-state index contributed by atoms with van der Waals surface area (Å²) in [6.07, 6.45) is 0.921. The number of anilines is 1. The van der Waals surface area contributed by atoms with E-state index in [0.29, 0.717) is 23.8 Å². The van der Waals surface area contributed by atoms with Gasteiger partial charge in [0.2, 0.25) is 0 Å². The first-order valence-electron chi connectivity index (χ1n) is 7.72. The number of hydrogen-bond acceptors (Lipinski definition) is 3. The summed E-state index contributed by atoms with van der Waals surface area (Å²) in [5, 5.41) is 12.9. The molecule has 6 heteroatoms. The van der Waals surface area contributed by atoms with Gasteiger partial charge in [-0.05, 0) is 31.0 Å². The van der Waals surface area contributed by atoms with Gasteiger partial charge >= 0.3 is 6.03 Å². The minimum Gasteiger partial charge on any atom is -0.395 e. The predicted molar refractivity (Wildman–Crippen MR) is 89.5 cm³/mol. The Morgan fingerprint density at radius 1 is 1.36 bits per heavy atom. The average molecular weight is 326 g/mol. The molecule has 1 saturated heterocycles. The molecule has 1 fully saturated rings. The highest BCUT2D eigenvalue weighted by Crippen LogP contribution is 2.20. The lowest BCUT2D eigenvalue weighted by molar-refractivity contribution is 0.0766. The van der Waals surface area contributed by atoms with Crippen LogP contribution < -0.4 is 5.32 Å². The van der Waals surface area contributed by atoms with Crippen LogP contribution in [0.1, 0.15) is 18.9 Å². The van der Waals surface area contributed by atoms with Crippen molar-refractivity contribution in [1.29, 1.82) is 0 Å². The molecule has 1 heterocycles. The SMILES string of the molecule is CCC(CO)N1CCN(C(=O)Nc2ccc(C)c(Cl)c2)CC1. The van der Waals surface area contributed by atoms with Gasteiger partial charge in [-0.25, -0.2) is 4.79 Å². The third-order valence-electron chi connectivity index (χ3n) is 4.22. The van der Waals surface area contributed by atoms with E-state index in [2.05, 4.69) is 17.1 Å². The minimum absolute atomic E-state index is 0.100. The highest BCUT2D eigenvalue weighted by atomic mass is 35.5. The maximum Gasteiger partial charge on any atom is 0.321 e. The van der Waals surface area contributed by atoms with Gasteiger partial charge in [0.15, 0.2) is 0 Å². The lowest BCUT2D eigenvalue weighted by atomic mass is 10.1. The fourth-order valence-corrected chi connectivity index (χ4v) is 2.85. The molecule has 0 radical (unpaired) electrons. The number of rotatable bonds is 4. The highest BCUT2D eigenvalue weighted by Gasteiger charge is 2.24. The molecule has 5 nitrogen and oxygen atoms in total. The fraction of sp³-hybridized carbons (Fsp3) is 0.562. The van der Waals surface area contributed by atoms with Crippen LogP contribution in [-0.4, -0.2) is 59.8 Å². The van der Waals surface area contributed by atoms with E-state index in [1.165, 1.54) is 0 Å². The second kappa shape index (κ2) is 7.81. The van der Waals surface area contributed by atoms with E-state index in [0.717, 1.165) is 25.1 Å². The highest BCUT2D eigenvalue weighted by molar-refractivity contribution is 6.31. The lowest BCUT2D eigenvalue weighted by Crippen LogP contribution is -2.53. The smallest absolute Gasteiger partial charge is 0.321 e. The van der Waals surface area contributed by atoms with Gasteiger partial charge in [-0.1, -0.05) is 24.6 Å². The number of carbonyl (C=O) groups is 1. The normalized spacial score (nSPS) is 17.4. The summed E-state index contributed by atoms with van der Waals surface area (Å²) in [6, 6.07) is 5.61. The van der Waals surface area contributed by atoms with Crippen molar-refractivity contribution in [3.63, 3.8) is 0 Å². The second-order valence-corrected chi connectivity index (χ2v) is 6.07. The summed E-state index contributed by atoms with van der Waals surface area (Å²) in [7, 11) is 0. The van der Waals surface area contributed by atoms with E-state index in [-0.39, 0.29) is 18.7 Å². The monoisotopic (exact) mass is 325 g/mol. The molecule has 2 amide bonds. The Bertz CT molecular complexity index is 512. The van der Waals surface area contributed by atoms with Crippen LogP contribution in [0.5, 0.6) is 0 Å². The Kier molecular flexibility index (Phi) is 6.06. The van der Waals surface area contributed by atoms with E-state index in [1.807, 2.05) is 19.1 Å². The first kappa shape index (κ1) is 17.1. The average Bonchev–Trinajstić information content (AvgIpc) is 2.53. The molecule has 1 aliphatic heterocycles. The van der Waals surface area contributed by atoms with E-state index >= 15 is 0 Å². The fourth-order valence-electron chi connectivity index (χ4n) is 2.67.